The Balaban J connectivity index is 0. The third-order valence-corrected chi connectivity index (χ3v) is 0.667. The first kappa shape index (κ1) is 11.2. The van der Waals surface area contributed by atoms with E-state index in [1.54, 1.807) is 0 Å². The van der Waals surface area contributed by atoms with Crippen LogP contribution in [-0.2, 0) is 9.59 Å². The average molecular weight is 154 g/mol. The molecule has 0 saturated carbocycles. The maximum absolute atomic E-state index is 9.81. The number of rotatable bonds is 3. The number of nitrogens with two attached hydrogens (primary N) is 1. The quantitative estimate of drug-likeness (QED) is 0.531. The van der Waals surface area contributed by atoms with Gasteiger partial charge in [0.1, 0.15) is 12.3 Å². The normalized spacial score (nSPS) is 11.2. The molecule has 4 nitrogen and oxygen atoms in total. The van der Waals surface area contributed by atoms with Crippen LogP contribution < -0.4 is 5.73 Å². The van der Waals surface area contributed by atoms with Gasteiger partial charge < -0.3 is 15.6 Å². The Labute approximate surface area is 58.4 Å². The van der Waals surface area contributed by atoms with E-state index in [-0.39, 0.29) is 18.8 Å². The predicted octanol–water partition coefficient (Wildman–Crippen LogP) is -0.591. The fourth-order valence-electron chi connectivity index (χ4n) is 0.204. The Morgan fingerprint density at radius 3 is 2.33 bits per heavy atom. The SMILES string of the molecule is Cl.NC(CC=O)C(=O)O. The minimum atomic E-state index is -1.14. The van der Waals surface area contributed by atoms with Crippen LogP contribution in [0.3, 0.4) is 0 Å². The first-order valence-electron chi connectivity index (χ1n) is 2.10. The molecule has 1 unspecified atom stereocenters. The van der Waals surface area contributed by atoms with E-state index in [0.717, 1.165) is 0 Å². The minimum absolute atomic E-state index is 0. The van der Waals surface area contributed by atoms with Crippen molar-refractivity contribution in [1.29, 1.82) is 0 Å². The van der Waals surface area contributed by atoms with Gasteiger partial charge in [0.05, 0.1) is 0 Å². The van der Waals surface area contributed by atoms with E-state index < -0.39 is 12.0 Å². The van der Waals surface area contributed by atoms with Gasteiger partial charge >= 0.3 is 5.97 Å². The third-order valence-electron chi connectivity index (χ3n) is 0.667. The molecule has 0 spiro atoms. The zero-order chi connectivity index (χ0) is 6.57. The van der Waals surface area contributed by atoms with Crippen molar-refractivity contribution < 1.29 is 14.7 Å². The number of hydrogen-bond acceptors (Lipinski definition) is 3. The first-order valence-corrected chi connectivity index (χ1v) is 2.10. The molecule has 0 aliphatic rings. The van der Waals surface area contributed by atoms with Crippen LogP contribution >= 0.6 is 12.4 Å². The van der Waals surface area contributed by atoms with Gasteiger partial charge in [-0.15, -0.1) is 12.4 Å². The molecule has 0 aromatic rings. The summed E-state index contributed by atoms with van der Waals surface area (Å²) in [7, 11) is 0. The van der Waals surface area contributed by atoms with Gasteiger partial charge in [-0.1, -0.05) is 0 Å². The number of carbonyl (C=O) groups is 2. The number of aliphatic carboxylic acids is 1. The molecule has 0 aliphatic heterocycles. The van der Waals surface area contributed by atoms with Crippen molar-refractivity contribution in [3.63, 3.8) is 0 Å². The highest BCUT2D eigenvalue weighted by Crippen LogP contribution is 1.80. The van der Waals surface area contributed by atoms with Crippen molar-refractivity contribution in [2.45, 2.75) is 12.5 Å². The minimum Gasteiger partial charge on any atom is -0.480 e. The standard InChI is InChI=1S/C4H7NO3.ClH/c5-3(1-2-6)4(7)8;/h2-3H,1,5H2,(H,7,8);1H. The van der Waals surface area contributed by atoms with Crippen LogP contribution in [-0.4, -0.2) is 23.4 Å². The molecular weight excluding hydrogens is 146 g/mol. The Kier molecular flexibility index (Phi) is 6.89. The van der Waals surface area contributed by atoms with Gasteiger partial charge in [0.25, 0.3) is 0 Å². The highest BCUT2D eigenvalue weighted by atomic mass is 35.5. The van der Waals surface area contributed by atoms with Gasteiger partial charge in [-0.25, -0.2) is 0 Å². The Bertz CT molecular complexity index is 106. The molecule has 0 heterocycles. The molecule has 0 amide bonds. The summed E-state index contributed by atoms with van der Waals surface area (Å²) in [6.07, 6.45) is 0.369. The van der Waals surface area contributed by atoms with Crippen molar-refractivity contribution in [2.75, 3.05) is 0 Å². The lowest BCUT2D eigenvalue weighted by Crippen LogP contribution is -2.30. The highest BCUT2D eigenvalue weighted by Gasteiger charge is 2.08. The lowest BCUT2D eigenvalue weighted by atomic mass is 10.2. The van der Waals surface area contributed by atoms with Crippen molar-refractivity contribution in [3.8, 4) is 0 Å². The van der Waals surface area contributed by atoms with E-state index >= 15 is 0 Å². The number of carboxylic acids is 1. The maximum atomic E-state index is 9.81. The lowest BCUT2D eigenvalue weighted by molar-refractivity contribution is -0.139. The number of halogens is 1. The number of carbonyl (C=O) groups excluding carboxylic acids is 1. The average Bonchev–Trinajstić information content (AvgIpc) is 1.67. The van der Waals surface area contributed by atoms with Crippen molar-refractivity contribution >= 4 is 24.7 Å². The van der Waals surface area contributed by atoms with Crippen LogP contribution in [0.4, 0.5) is 0 Å². The molecule has 0 bridgehead atoms. The Hall–Kier alpha value is -0.610. The van der Waals surface area contributed by atoms with E-state index in [0.29, 0.717) is 6.29 Å². The smallest absolute Gasteiger partial charge is 0.320 e. The van der Waals surface area contributed by atoms with Gasteiger partial charge in [0.15, 0.2) is 0 Å². The molecule has 1 atom stereocenters. The van der Waals surface area contributed by atoms with E-state index in [1.165, 1.54) is 0 Å². The van der Waals surface area contributed by atoms with Crippen molar-refractivity contribution in [1.82, 2.24) is 0 Å². The van der Waals surface area contributed by atoms with Gasteiger partial charge in [-0.05, 0) is 0 Å². The molecule has 54 valence electrons. The molecule has 0 radical (unpaired) electrons. The second-order valence-corrected chi connectivity index (χ2v) is 1.35. The van der Waals surface area contributed by atoms with Crippen LogP contribution in [0.25, 0.3) is 0 Å². The van der Waals surface area contributed by atoms with Crippen LogP contribution in [0.5, 0.6) is 0 Å². The van der Waals surface area contributed by atoms with Crippen LogP contribution in [0.15, 0.2) is 0 Å². The van der Waals surface area contributed by atoms with Gasteiger partial charge in [-0.2, -0.15) is 0 Å². The second-order valence-electron chi connectivity index (χ2n) is 1.35. The first-order chi connectivity index (χ1) is 3.68. The Morgan fingerprint density at radius 1 is 1.78 bits per heavy atom. The van der Waals surface area contributed by atoms with E-state index in [1.807, 2.05) is 0 Å². The Morgan fingerprint density at radius 2 is 2.22 bits per heavy atom. The topological polar surface area (TPSA) is 80.4 Å². The van der Waals surface area contributed by atoms with E-state index in [9.17, 15) is 9.59 Å². The zero-order valence-corrected chi connectivity index (χ0v) is 5.43. The summed E-state index contributed by atoms with van der Waals surface area (Å²) in [5, 5.41) is 8.03. The van der Waals surface area contributed by atoms with E-state index in [4.69, 9.17) is 10.8 Å². The highest BCUT2D eigenvalue weighted by molar-refractivity contribution is 5.85. The summed E-state index contributed by atoms with van der Waals surface area (Å²) in [5.41, 5.74) is 4.90. The van der Waals surface area contributed by atoms with E-state index in [2.05, 4.69) is 0 Å². The number of hydrogen-bond donors (Lipinski definition) is 2. The predicted molar refractivity (Wildman–Crippen MR) is 33.5 cm³/mol. The molecule has 0 aromatic heterocycles. The monoisotopic (exact) mass is 153 g/mol. The van der Waals surface area contributed by atoms with Gasteiger partial charge in [0.2, 0.25) is 0 Å². The van der Waals surface area contributed by atoms with Crippen LogP contribution in [0, 0.1) is 0 Å². The zero-order valence-electron chi connectivity index (χ0n) is 4.61. The van der Waals surface area contributed by atoms with Crippen molar-refractivity contribution in [2.24, 2.45) is 5.73 Å². The lowest BCUT2D eigenvalue weighted by Gasteiger charge is -1.96. The molecule has 3 N–H and O–H groups in total. The largest absolute Gasteiger partial charge is 0.480 e. The third kappa shape index (κ3) is 5.26. The number of carboxylic acid groups (broad SMARTS) is 1. The molecule has 0 saturated heterocycles. The summed E-state index contributed by atoms with van der Waals surface area (Å²) in [6, 6.07) is -1.03. The number of aldehydes is 1. The van der Waals surface area contributed by atoms with Gasteiger partial charge in [0, 0.05) is 6.42 Å². The van der Waals surface area contributed by atoms with Crippen LogP contribution in [0.2, 0.25) is 0 Å². The molecule has 9 heavy (non-hydrogen) atoms. The van der Waals surface area contributed by atoms with Crippen LogP contribution in [0.1, 0.15) is 6.42 Å². The summed E-state index contributed by atoms with van der Waals surface area (Å²) >= 11 is 0. The summed E-state index contributed by atoms with van der Waals surface area (Å²) < 4.78 is 0. The molecule has 0 fully saturated rings. The second kappa shape index (κ2) is 5.53. The maximum Gasteiger partial charge on any atom is 0.320 e. The summed E-state index contributed by atoms with van der Waals surface area (Å²) in [4.78, 5) is 19.4. The molecule has 5 heteroatoms. The summed E-state index contributed by atoms with van der Waals surface area (Å²) in [6.45, 7) is 0. The molecular formula is C4H8ClNO3. The van der Waals surface area contributed by atoms with Crippen molar-refractivity contribution in [3.05, 3.63) is 0 Å². The molecule has 0 aliphatic carbocycles. The summed E-state index contributed by atoms with van der Waals surface area (Å²) in [5.74, 6) is -1.14. The van der Waals surface area contributed by atoms with Gasteiger partial charge in [-0.3, -0.25) is 4.79 Å². The fourth-order valence-corrected chi connectivity index (χ4v) is 0.204. The molecule has 0 rings (SSSR count). The fraction of sp³-hybridized carbons (Fsp3) is 0.500. The molecule has 0 aromatic carbocycles.